The Hall–Kier alpha value is -2.44. The van der Waals surface area contributed by atoms with E-state index in [9.17, 15) is 4.79 Å². The van der Waals surface area contributed by atoms with Crippen LogP contribution in [0.25, 0.3) is 0 Å². The number of ether oxygens (including phenoxy) is 2. The Kier molecular flexibility index (Phi) is 7.35. The van der Waals surface area contributed by atoms with Gasteiger partial charge in [-0.1, -0.05) is 6.07 Å². The molecule has 7 heteroatoms. The molecular formula is C17H28N4O3. The van der Waals surface area contributed by atoms with Crippen molar-refractivity contribution in [3.05, 3.63) is 23.8 Å². The van der Waals surface area contributed by atoms with Crippen LogP contribution in [0.1, 0.15) is 26.3 Å². The van der Waals surface area contributed by atoms with E-state index >= 15 is 0 Å². The predicted octanol–water partition coefficient (Wildman–Crippen LogP) is 1.28. The fraction of sp³-hybridized carbons (Fsp3) is 0.529. The number of rotatable bonds is 6. The number of nitrogens with one attached hydrogen (secondary N) is 3. The standard InChI is InChI=1S/C17H28N4O3/c1-17(2,3)21-15(22)11-20-16(18-4)19-10-12-7-8-13(23-5)14(9-12)24-6/h7-9H,10-11H2,1-6H3,(H,21,22)(H2,18,19,20). The van der Waals surface area contributed by atoms with Crippen LogP contribution in [-0.4, -0.2) is 45.2 Å². The molecule has 1 aromatic rings. The number of carbonyl (C=O) groups is 1. The highest BCUT2D eigenvalue weighted by Gasteiger charge is 2.13. The third-order valence-electron chi connectivity index (χ3n) is 3.06. The summed E-state index contributed by atoms with van der Waals surface area (Å²) in [6, 6.07) is 5.68. The van der Waals surface area contributed by atoms with Crippen molar-refractivity contribution in [2.45, 2.75) is 32.9 Å². The number of amides is 1. The average molecular weight is 336 g/mol. The normalized spacial score (nSPS) is 11.7. The van der Waals surface area contributed by atoms with Crippen LogP contribution in [0.2, 0.25) is 0 Å². The molecule has 1 rings (SSSR count). The van der Waals surface area contributed by atoms with Crippen molar-refractivity contribution >= 4 is 11.9 Å². The van der Waals surface area contributed by atoms with Gasteiger partial charge in [0.1, 0.15) is 0 Å². The fourth-order valence-corrected chi connectivity index (χ4v) is 2.02. The lowest BCUT2D eigenvalue weighted by molar-refractivity contribution is -0.121. The number of nitrogens with zero attached hydrogens (tertiary/aromatic N) is 1. The average Bonchev–Trinajstić information content (AvgIpc) is 2.53. The lowest BCUT2D eigenvalue weighted by Crippen LogP contribution is -2.48. The van der Waals surface area contributed by atoms with E-state index in [1.165, 1.54) is 0 Å². The number of methoxy groups -OCH3 is 2. The van der Waals surface area contributed by atoms with E-state index in [-0.39, 0.29) is 18.0 Å². The van der Waals surface area contributed by atoms with Crippen molar-refractivity contribution in [2.75, 3.05) is 27.8 Å². The van der Waals surface area contributed by atoms with E-state index < -0.39 is 0 Å². The molecule has 0 heterocycles. The molecule has 134 valence electrons. The molecule has 0 spiro atoms. The van der Waals surface area contributed by atoms with Crippen LogP contribution < -0.4 is 25.4 Å². The van der Waals surface area contributed by atoms with Crippen LogP contribution in [0.5, 0.6) is 11.5 Å². The van der Waals surface area contributed by atoms with Gasteiger partial charge in [-0.05, 0) is 38.5 Å². The fourth-order valence-electron chi connectivity index (χ4n) is 2.02. The Labute approximate surface area is 143 Å². The molecule has 0 bridgehead atoms. The number of guanidine groups is 1. The molecule has 0 atom stereocenters. The molecule has 1 amide bonds. The minimum Gasteiger partial charge on any atom is -0.493 e. The highest BCUT2D eigenvalue weighted by Crippen LogP contribution is 2.27. The van der Waals surface area contributed by atoms with Gasteiger partial charge in [0.2, 0.25) is 5.91 Å². The first-order chi connectivity index (χ1) is 11.3. The van der Waals surface area contributed by atoms with Gasteiger partial charge in [-0.15, -0.1) is 0 Å². The second-order valence-electron chi connectivity index (χ2n) is 6.27. The lowest BCUT2D eigenvalue weighted by Gasteiger charge is -2.21. The summed E-state index contributed by atoms with van der Waals surface area (Å²) in [6.45, 7) is 6.52. The molecule has 0 fully saturated rings. The maximum Gasteiger partial charge on any atom is 0.239 e. The monoisotopic (exact) mass is 336 g/mol. The third kappa shape index (κ3) is 6.76. The summed E-state index contributed by atoms with van der Waals surface area (Å²) in [5.74, 6) is 1.82. The SMILES string of the molecule is CN=C(NCC(=O)NC(C)(C)C)NCc1ccc(OC)c(OC)c1. The van der Waals surface area contributed by atoms with Gasteiger partial charge >= 0.3 is 0 Å². The minimum absolute atomic E-state index is 0.0865. The minimum atomic E-state index is -0.255. The van der Waals surface area contributed by atoms with E-state index in [0.717, 1.165) is 5.56 Å². The summed E-state index contributed by atoms with van der Waals surface area (Å²) >= 11 is 0. The molecule has 7 nitrogen and oxygen atoms in total. The summed E-state index contributed by atoms with van der Waals surface area (Å²) < 4.78 is 10.5. The van der Waals surface area contributed by atoms with Crippen LogP contribution in [0.3, 0.4) is 0 Å². The topological polar surface area (TPSA) is 84.0 Å². The molecule has 0 saturated heterocycles. The molecule has 0 unspecified atom stereocenters. The van der Waals surface area contributed by atoms with Gasteiger partial charge in [0.05, 0.1) is 20.8 Å². The van der Waals surface area contributed by atoms with Gasteiger partial charge in [-0.3, -0.25) is 9.79 Å². The largest absolute Gasteiger partial charge is 0.493 e. The number of carbonyl (C=O) groups excluding carboxylic acids is 1. The Morgan fingerprint density at radius 2 is 1.79 bits per heavy atom. The maximum absolute atomic E-state index is 11.8. The van der Waals surface area contributed by atoms with Gasteiger partial charge < -0.3 is 25.4 Å². The molecule has 3 N–H and O–H groups in total. The van der Waals surface area contributed by atoms with Crippen molar-refractivity contribution < 1.29 is 14.3 Å². The van der Waals surface area contributed by atoms with Crippen LogP contribution in [0.15, 0.2) is 23.2 Å². The summed E-state index contributed by atoms with van der Waals surface area (Å²) in [7, 11) is 4.86. The molecule has 1 aromatic carbocycles. The Morgan fingerprint density at radius 1 is 1.12 bits per heavy atom. The van der Waals surface area contributed by atoms with Crippen molar-refractivity contribution in [1.29, 1.82) is 0 Å². The summed E-state index contributed by atoms with van der Waals surface area (Å²) in [6.07, 6.45) is 0. The Morgan fingerprint density at radius 3 is 2.33 bits per heavy atom. The predicted molar refractivity (Wildman–Crippen MR) is 95.6 cm³/mol. The van der Waals surface area contributed by atoms with Crippen LogP contribution in [-0.2, 0) is 11.3 Å². The van der Waals surface area contributed by atoms with Crippen molar-refractivity contribution in [3.8, 4) is 11.5 Å². The maximum atomic E-state index is 11.8. The smallest absolute Gasteiger partial charge is 0.239 e. The van der Waals surface area contributed by atoms with Crippen LogP contribution >= 0.6 is 0 Å². The number of benzene rings is 1. The van der Waals surface area contributed by atoms with Crippen LogP contribution in [0.4, 0.5) is 0 Å². The van der Waals surface area contributed by atoms with E-state index in [0.29, 0.717) is 24.0 Å². The zero-order valence-electron chi connectivity index (χ0n) is 15.3. The van der Waals surface area contributed by atoms with Gasteiger partial charge in [0.15, 0.2) is 17.5 Å². The molecule has 0 aliphatic heterocycles. The Bertz CT molecular complexity index is 580. The summed E-state index contributed by atoms with van der Waals surface area (Å²) in [4.78, 5) is 15.9. The van der Waals surface area contributed by atoms with E-state index in [4.69, 9.17) is 9.47 Å². The van der Waals surface area contributed by atoms with Crippen molar-refractivity contribution in [1.82, 2.24) is 16.0 Å². The van der Waals surface area contributed by atoms with E-state index in [1.54, 1.807) is 21.3 Å². The zero-order valence-corrected chi connectivity index (χ0v) is 15.3. The Balaban J connectivity index is 2.54. The quantitative estimate of drug-likeness (QED) is 0.538. The van der Waals surface area contributed by atoms with Crippen molar-refractivity contribution in [2.24, 2.45) is 4.99 Å². The number of hydrogen-bond acceptors (Lipinski definition) is 4. The molecule has 0 aliphatic rings. The molecule has 24 heavy (non-hydrogen) atoms. The molecule has 0 aliphatic carbocycles. The molecule has 0 aromatic heterocycles. The van der Waals surface area contributed by atoms with Gasteiger partial charge in [0, 0.05) is 19.1 Å². The second-order valence-corrected chi connectivity index (χ2v) is 6.27. The first kappa shape index (κ1) is 19.6. The molecular weight excluding hydrogens is 308 g/mol. The van der Waals surface area contributed by atoms with Gasteiger partial charge in [0.25, 0.3) is 0 Å². The van der Waals surface area contributed by atoms with Crippen molar-refractivity contribution in [3.63, 3.8) is 0 Å². The zero-order chi connectivity index (χ0) is 18.2. The molecule has 0 radical (unpaired) electrons. The van der Waals surface area contributed by atoms with Gasteiger partial charge in [-0.2, -0.15) is 0 Å². The number of hydrogen-bond donors (Lipinski definition) is 3. The number of aliphatic imine (C=N–C) groups is 1. The summed E-state index contributed by atoms with van der Waals surface area (Å²) in [5, 5.41) is 9.02. The lowest BCUT2D eigenvalue weighted by atomic mass is 10.1. The first-order valence-corrected chi connectivity index (χ1v) is 7.75. The second kappa shape index (κ2) is 9.00. The molecule has 0 saturated carbocycles. The highest BCUT2D eigenvalue weighted by atomic mass is 16.5. The first-order valence-electron chi connectivity index (χ1n) is 7.75. The van der Waals surface area contributed by atoms with E-state index in [1.807, 2.05) is 39.0 Å². The third-order valence-corrected chi connectivity index (χ3v) is 3.06. The van der Waals surface area contributed by atoms with Crippen LogP contribution in [0, 0.1) is 0 Å². The van der Waals surface area contributed by atoms with E-state index in [2.05, 4.69) is 20.9 Å². The highest BCUT2D eigenvalue weighted by molar-refractivity contribution is 5.86. The van der Waals surface area contributed by atoms with Gasteiger partial charge in [-0.25, -0.2) is 0 Å². The summed E-state index contributed by atoms with van der Waals surface area (Å²) in [5.41, 5.74) is 0.754.